The Hall–Kier alpha value is -0.570. The summed E-state index contributed by atoms with van der Waals surface area (Å²) in [6.45, 7) is 1.85. The highest BCUT2D eigenvalue weighted by molar-refractivity contribution is 5.77. The van der Waals surface area contributed by atoms with Gasteiger partial charge in [-0.25, -0.2) is 0 Å². The van der Waals surface area contributed by atoms with Gasteiger partial charge in [-0.05, 0) is 6.92 Å². The van der Waals surface area contributed by atoms with Crippen LogP contribution < -0.4 is 5.32 Å². The Morgan fingerprint density at radius 2 is 2.29 bits per heavy atom. The first kappa shape index (κ1) is 4.59. The molecule has 1 aliphatic rings. The van der Waals surface area contributed by atoms with Crippen molar-refractivity contribution >= 4 is 5.97 Å². The summed E-state index contributed by atoms with van der Waals surface area (Å²) < 4.78 is 0. The van der Waals surface area contributed by atoms with Gasteiger partial charge in [0.2, 0.25) is 0 Å². The molecular weight excluding hydrogens is 94.0 g/mol. The number of rotatable bonds is 1. The fraction of sp³-hybridized carbons (Fsp3) is 0.750. The van der Waals surface area contributed by atoms with Gasteiger partial charge in [0.1, 0.15) is 6.04 Å². The van der Waals surface area contributed by atoms with Crippen molar-refractivity contribution < 1.29 is 9.90 Å². The van der Waals surface area contributed by atoms with Gasteiger partial charge in [-0.3, -0.25) is 10.1 Å². The zero-order valence-corrected chi connectivity index (χ0v) is 4.01. The fourth-order valence-corrected chi connectivity index (χ4v) is 0.513. The summed E-state index contributed by atoms with van der Waals surface area (Å²) in [4.78, 5) is 9.91. The molecule has 0 unspecified atom stereocenters. The van der Waals surface area contributed by atoms with Crippen molar-refractivity contribution in [2.24, 2.45) is 0 Å². The zero-order valence-electron chi connectivity index (χ0n) is 4.01. The molecule has 0 aromatic heterocycles. The number of hydrogen-bond acceptors (Lipinski definition) is 2. The van der Waals surface area contributed by atoms with Crippen molar-refractivity contribution in [3.63, 3.8) is 0 Å². The monoisotopic (exact) mass is 101 g/mol. The average molecular weight is 101 g/mol. The first-order valence-electron chi connectivity index (χ1n) is 2.20. The second-order valence-corrected chi connectivity index (χ2v) is 1.77. The van der Waals surface area contributed by atoms with Crippen LogP contribution in [0.3, 0.4) is 0 Å². The predicted octanol–water partition coefficient (Wildman–Crippen LogP) is -0.569. The van der Waals surface area contributed by atoms with Crippen LogP contribution in [0.25, 0.3) is 0 Å². The lowest BCUT2D eigenvalue weighted by Crippen LogP contribution is -2.07. The third-order valence-corrected chi connectivity index (χ3v) is 1.10. The van der Waals surface area contributed by atoms with Crippen molar-refractivity contribution in [1.82, 2.24) is 5.32 Å². The van der Waals surface area contributed by atoms with Gasteiger partial charge in [-0.15, -0.1) is 0 Å². The Kier molecular flexibility index (Phi) is 0.785. The number of carbonyl (C=O) groups is 1. The average Bonchev–Trinajstić information content (AvgIpc) is 2.17. The molecule has 3 nitrogen and oxygen atoms in total. The molecule has 7 heavy (non-hydrogen) atoms. The molecule has 40 valence electrons. The summed E-state index contributed by atoms with van der Waals surface area (Å²) in [5, 5.41) is 10.9. The number of carboxylic acid groups (broad SMARTS) is 1. The lowest BCUT2D eigenvalue weighted by Gasteiger charge is -1.77. The molecule has 2 atom stereocenters. The Balaban J connectivity index is 2.33. The normalized spacial score (nSPS) is 37.9. The molecule has 1 heterocycles. The first-order valence-corrected chi connectivity index (χ1v) is 2.20. The molecule has 0 radical (unpaired) electrons. The molecule has 1 saturated heterocycles. The molecule has 0 saturated carbocycles. The molecule has 0 aliphatic carbocycles. The van der Waals surface area contributed by atoms with Crippen molar-refractivity contribution in [1.29, 1.82) is 0 Å². The van der Waals surface area contributed by atoms with Gasteiger partial charge in [0.05, 0.1) is 0 Å². The lowest BCUT2D eigenvalue weighted by atomic mass is 10.4. The van der Waals surface area contributed by atoms with E-state index in [9.17, 15) is 4.79 Å². The van der Waals surface area contributed by atoms with Crippen LogP contribution in [-0.2, 0) is 4.79 Å². The van der Waals surface area contributed by atoms with E-state index in [2.05, 4.69) is 5.32 Å². The van der Waals surface area contributed by atoms with Crippen LogP contribution in [0.15, 0.2) is 0 Å². The van der Waals surface area contributed by atoms with Crippen LogP contribution in [-0.4, -0.2) is 23.2 Å². The SMILES string of the molecule is C[C@H]1N[C@H]1C(=O)O. The molecule has 0 spiro atoms. The van der Waals surface area contributed by atoms with Crippen molar-refractivity contribution in [3.05, 3.63) is 0 Å². The van der Waals surface area contributed by atoms with E-state index < -0.39 is 5.97 Å². The maximum atomic E-state index is 9.91. The molecule has 0 aromatic rings. The predicted molar refractivity (Wildman–Crippen MR) is 24.0 cm³/mol. The van der Waals surface area contributed by atoms with E-state index in [4.69, 9.17) is 5.11 Å². The van der Waals surface area contributed by atoms with E-state index in [-0.39, 0.29) is 12.1 Å². The van der Waals surface area contributed by atoms with E-state index in [0.717, 1.165) is 0 Å². The van der Waals surface area contributed by atoms with Gasteiger partial charge in [-0.1, -0.05) is 0 Å². The molecular formula is C4H7NO2. The van der Waals surface area contributed by atoms with Crippen LogP contribution in [0, 0.1) is 0 Å². The number of carboxylic acids is 1. The van der Waals surface area contributed by atoms with Gasteiger partial charge in [0.15, 0.2) is 0 Å². The number of nitrogens with one attached hydrogen (secondary N) is 1. The maximum absolute atomic E-state index is 9.91. The standard InChI is InChI=1S/C4H7NO2/c1-2-3(5-2)4(6)7/h2-3,5H,1H3,(H,6,7)/t2-,3-/m1/s1. The highest BCUT2D eigenvalue weighted by atomic mass is 16.4. The minimum absolute atomic E-state index is 0.192. The van der Waals surface area contributed by atoms with Gasteiger partial charge < -0.3 is 5.11 Å². The van der Waals surface area contributed by atoms with Crippen LogP contribution in [0.5, 0.6) is 0 Å². The van der Waals surface area contributed by atoms with Crippen molar-refractivity contribution in [2.45, 2.75) is 19.0 Å². The number of aliphatic carboxylic acids is 1. The van der Waals surface area contributed by atoms with E-state index in [1.54, 1.807) is 0 Å². The Labute approximate surface area is 41.3 Å². The second-order valence-electron chi connectivity index (χ2n) is 1.77. The summed E-state index contributed by atoms with van der Waals surface area (Å²) in [7, 11) is 0. The third-order valence-electron chi connectivity index (χ3n) is 1.10. The largest absolute Gasteiger partial charge is 0.480 e. The summed E-state index contributed by atoms with van der Waals surface area (Å²) in [6.07, 6.45) is 0. The Morgan fingerprint density at radius 3 is 2.29 bits per heavy atom. The molecule has 1 fully saturated rings. The van der Waals surface area contributed by atoms with Crippen molar-refractivity contribution in [2.75, 3.05) is 0 Å². The Morgan fingerprint density at radius 1 is 1.86 bits per heavy atom. The summed E-state index contributed by atoms with van der Waals surface area (Å²) >= 11 is 0. The van der Waals surface area contributed by atoms with Gasteiger partial charge in [0.25, 0.3) is 0 Å². The number of hydrogen-bond donors (Lipinski definition) is 2. The highest BCUT2D eigenvalue weighted by Gasteiger charge is 2.38. The third kappa shape index (κ3) is 0.718. The smallest absolute Gasteiger partial charge is 0.322 e. The molecule has 0 amide bonds. The summed E-state index contributed by atoms with van der Waals surface area (Å²) in [6, 6.07) is -0.0718. The first-order chi connectivity index (χ1) is 3.22. The summed E-state index contributed by atoms with van der Waals surface area (Å²) in [5.74, 6) is -0.743. The quantitative estimate of drug-likeness (QED) is 0.435. The highest BCUT2D eigenvalue weighted by Crippen LogP contribution is 2.07. The van der Waals surface area contributed by atoms with Crippen LogP contribution in [0.1, 0.15) is 6.92 Å². The van der Waals surface area contributed by atoms with E-state index in [1.165, 1.54) is 0 Å². The second kappa shape index (κ2) is 1.20. The van der Waals surface area contributed by atoms with Crippen LogP contribution >= 0.6 is 0 Å². The molecule has 2 N–H and O–H groups in total. The molecule has 0 bridgehead atoms. The minimum Gasteiger partial charge on any atom is -0.480 e. The molecule has 1 aliphatic heterocycles. The van der Waals surface area contributed by atoms with Gasteiger partial charge in [0, 0.05) is 6.04 Å². The fourth-order valence-electron chi connectivity index (χ4n) is 0.513. The van der Waals surface area contributed by atoms with E-state index in [1.807, 2.05) is 6.92 Å². The maximum Gasteiger partial charge on any atom is 0.322 e. The summed E-state index contributed by atoms with van der Waals surface area (Å²) in [5.41, 5.74) is 0. The van der Waals surface area contributed by atoms with E-state index >= 15 is 0 Å². The van der Waals surface area contributed by atoms with Gasteiger partial charge in [-0.2, -0.15) is 0 Å². The molecule has 3 heteroatoms. The minimum atomic E-state index is -0.743. The lowest BCUT2D eigenvalue weighted by molar-refractivity contribution is -0.136. The Bertz CT molecular complexity index is 102. The zero-order chi connectivity index (χ0) is 5.44. The van der Waals surface area contributed by atoms with E-state index in [0.29, 0.717) is 0 Å². The molecule has 1 rings (SSSR count). The topological polar surface area (TPSA) is 59.2 Å². The van der Waals surface area contributed by atoms with Gasteiger partial charge >= 0.3 is 5.97 Å². The van der Waals surface area contributed by atoms with Crippen molar-refractivity contribution in [3.8, 4) is 0 Å². The van der Waals surface area contributed by atoms with Crippen LogP contribution in [0.2, 0.25) is 0 Å². The molecule has 0 aromatic carbocycles. The van der Waals surface area contributed by atoms with Crippen LogP contribution in [0.4, 0.5) is 0 Å².